The zero-order valence-electron chi connectivity index (χ0n) is 9.87. The lowest BCUT2D eigenvalue weighted by Crippen LogP contribution is -2.19. The fraction of sp³-hybridized carbons (Fsp3) is 0.0714. The van der Waals surface area contributed by atoms with Crippen LogP contribution in [0, 0.1) is 0 Å². The molecule has 0 aliphatic carbocycles. The summed E-state index contributed by atoms with van der Waals surface area (Å²) in [5, 5.41) is 2.47. The number of hydrogen-bond acceptors (Lipinski definition) is 4. The number of carbonyl (C=O) groups excluding carboxylic acids is 2. The second-order valence-electron chi connectivity index (χ2n) is 4.13. The molecule has 2 heterocycles. The van der Waals surface area contributed by atoms with Crippen molar-refractivity contribution in [1.82, 2.24) is 10.3 Å². The first-order valence-corrected chi connectivity index (χ1v) is 5.77. The Balaban J connectivity index is 1.97. The molecular weight excluding hydrogens is 244 g/mol. The zero-order chi connectivity index (χ0) is 13.2. The van der Waals surface area contributed by atoms with Gasteiger partial charge in [-0.2, -0.15) is 0 Å². The minimum atomic E-state index is -0.740. The van der Waals surface area contributed by atoms with Crippen molar-refractivity contribution in [1.29, 1.82) is 0 Å². The van der Waals surface area contributed by atoms with Crippen LogP contribution in [0.25, 0.3) is 11.3 Å². The average molecular weight is 254 g/mol. The van der Waals surface area contributed by atoms with Gasteiger partial charge in [-0.05, 0) is 23.8 Å². The van der Waals surface area contributed by atoms with E-state index in [1.807, 2.05) is 36.4 Å². The number of nitrogens with one attached hydrogen (secondary N) is 1. The molecule has 0 saturated carbocycles. The van der Waals surface area contributed by atoms with E-state index in [9.17, 15) is 9.59 Å². The third-order valence-electron chi connectivity index (χ3n) is 2.87. The lowest BCUT2D eigenvalue weighted by Gasteiger charge is -2.08. The average Bonchev–Trinajstić information content (AvgIpc) is 2.79. The Morgan fingerprint density at radius 1 is 1.11 bits per heavy atom. The van der Waals surface area contributed by atoms with Crippen LogP contribution in [-0.2, 0) is 9.53 Å². The van der Waals surface area contributed by atoms with Crippen molar-refractivity contribution in [2.75, 3.05) is 0 Å². The number of nitrogens with zero attached hydrogens (tertiary/aromatic N) is 1. The summed E-state index contributed by atoms with van der Waals surface area (Å²) in [6, 6.07) is 12.2. The smallest absolute Gasteiger partial charge is 0.374 e. The van der Waals surface area contributed by atoms with E-state index in [-0.39, 0.29) is 0 Å². The van der Waals surface area contributed by atoms with Gasteiger partial charge < -0.3 is 10.1 Å². The SMILES string of the molecule is O=C1NC(c2cccc(-c3ccccn3)c2)C(=O)O1. The van der Waals surface area contributed by atoms with Crippen LogP contribution in [0.15, 0.2) is 48.7 Å². The maximum Gasteiger partial charge on any atom is 0.415 e. The number of esters is 1. The molecule has 0 bridgehead atoms. The number of pyridine rings is 1. The van der Waals surface area contributed by atoms with Crippen molar-refractivity contribution in [3.63, 3.8) is 0 Å². The molecule has 1 fully saturated rings. The predicted octanol–water partition coefficient (Wildman–Crippen LogP) is 2.06. The summed E-state index contributed by atoms with van der Waals surface area (Å²) in [5.41, 5.74) is 2.37. The molecule has 3 rings (SSSR count). The van der Waals surface area contributed by atoms with Gasteiger partial charge in [-0.25, -0.2) is 9.59 Å². The summed E-state index contributed by atoms with van der Waals surface area (Å²) < 4.78 is 4.47. The summed E-state index contributed by atoms with van der Waals surface area (Å²) in [5.74, 6) is -0.580. The van der Waals surface area contributed by atoms with Crippen LogP contribution in [0.2, 0.25) is 0 Å². The zero-order valence-corrected chi connectivity index (χ0v) is 9.87. The van der Waals surface area contributed by atoms with Crippen molar-refractivity contribution in [2.45, 2.75) is 6.04 Å². The highest BCUT2D eigenvalue weighted by molar-refractivity contribution is 5.96. The number of aromatic nitrogens is 1. The third-order valence-corrected chi connectivity index (χ3v) is 2.87. The van der Waals surface area contributed by atoms with Crippen LogP contribution in [0.1, 0.15) is 11.6 Å². The van der Waals surface area contributed by atoms with Crippen LogP contribution < -0.4 is 5.32 Å². The van der Waals surface area contributed by atoms with Crippen LogP contribution in [0.3, 0.4) is 0 Å². The Morgan fingerprint density at radius 3 is 2.68 bits per heavy atom. The Bertz CT molecular complexity index is 640. The van der Waals surface area contributed by atoms with Gasteiger partial charge in [0.2, 0.25) is 0 Å². The Hall–Kier alpha value is -2.69. The second-order valence-corrected chi connectivity index (χ2v) is 4.13. The summed E-state index contributed by atoms with van der Waals surface area (Å²) >= 11 is 0. The second kappa shape index (κ2) is 4.53. The Labute approximate surface area is 109 Å². The van der Waals surface area contributed by atoms with Gasteiger partial charge >= 0.3 is 12.1 Å². The third kappa shape index (κ3) is 2.18. The molecule has 1 aromatic carbocycles. The molecule has 5 heteroatoms. The van der Waals surface area contributed by atoms with Gasteiger partial charge in [0.05, 0.1) is 5.69 Å². The molecule has 94 valence electrons. The molecular formula is C14H10N2O3. The van der Waals surface area contributed by atoms with Gasteiger partial charge in [-0.15, -0.1) is 0 Å². The van der Waals surface area contributed by atoms with Gasteiger partial charge in [0.1, 0.15) is 0 Å². The Kier molecular flexibility index (Phi) is 2.72. The number of ether oxygens (including phenoxy) is 1. The largest absolute Gasteiger partial charge is 0.415 e. The summed E-state index contributed by atoms with van der Waals surface area (Å²) in [7, 11) is 0. The number of cyclic esters (lactones) is 2. The van der Waals surface area contributed by atoms with Gasteiger partial charge in [0, 0.05) is 11.8 Å². The molecule has 2 aromatic rings. The van der Waals surface area contributed by atoms with Crippen molar-refractivity contribution in [3.05, 3.63) is 54.2 Å². The molecule has 1 saturated heterocycles. The van der Waals surface area contributed by atoms with E-state index in [1.165, 1.54) is 0 Å². The summed E-state index contributed by atoms with van der Waals surface area (Å²) in [4.78, 5) is 26.8. The first-order valence-electron chi connectivity index (χ1n) is 5.77. The fourth-order valence-electron chi connectivity index (χ4n) is 1.99. The molecule has 0 radical (unpaired) electrons. The number of amides is 1. The molecule has 1 amide bonds. The van der Waals surface area contributed by atoms with E-state index in [0.29, 0.717) is 5.56 Å². The Morgan fingerprint density at radius 2 is 2.00 bits per heavy atom. The number of benzene rings is 1. The molecule has 1 N–H and O–H groups in total. The van der Waals surface area contributed by atoms with Crippen LogP contribution in [-0.4, -0.2) is 17.0 Å². The van der Waals surface area contributed by atoms with E-state index >= 15 is 0 Å². The number of hydrogen-bond donors (Lipinski definition) is 1. The molecule has 1 aromatic heterocycles. The topological polar surface area (TPSA) is 68.3 Å². The highest BCUT2D eigenvalue weighted by Crippen LogP contribution is 2.24. The minimum absolute atomic E-state index is 0.580. The first-order chi connectivity index (χ1) is 9.24. The highest BCUT2D eigenvalue weighted by atomic mass is 16.6. The summed E-state index contributed by atoms with van der Waals surface area (Å²) in [6.07, 6.45) is 0.992. The van der Waals surface area contributed by atoms with Crippen LogP contribution >= 0.6 is 0 Å². The normalized spacial score (nSPS) is 18.0. The maximum absolute atomic E-state index is 11.5. The van der Waals surface area contributed by atoms with E-state index < -0.39 is 18.1 Å². The van der Waals surface area contributed by atoms with Gasteiger partial charge in [-0.3, -0.25) is 4.98 Å². The van der Waals surface area contributed by atoms with Gasteiger partial charge in [0.15, 0.2) is 6.04 Å². The van der Waals surface area contributed by atoms with Crippen molar-refractivity contribution < 1.29 is 14.3 Å². The van der Waals surface area contributed by atoms with E-state index in [4.69, 9.17) is 0 Å². The predicted molar refractivity (Wildman–Crippen MR) is 67.0 cm³/mol. The molecule has 1 unspecified atom stereocenters. The lowest BCUT2D eigenvalue weighted by molar-refractivity contribution is -0.135. The minimum Gasteiger partial charge on any atom is -0.374 e. The standard InChI is InChI=1S/C14H10N2O3/c17-13-12(16-14(18)19-13)10-5-3-4-9(8-10)11-6-1-2-7-15-11/h1-8,12H,(H,16,18). The summed E-state index contributed by atoms with van der Waals surface area (Å²) in [6.45, 7) is 0. The lowest BCUT2D eigenvalue weighted by atomic mass is 10.0. The quantitative estimate of drug-likeness (QED) is 0.658. The van der Waals surface area contributed by atoms with Crippen molar-refractivity contribution in [3.8, 4) is 11.3 Å². The van der Waals surface area contributed by atoms with Crippen molar-refractivity contribution >= 4 is 12.1 Å². The monoisotopic (exact) mass is 254 g/mol. The molecule has 5 nitrogen and oxygen atoms in total. The number of rotatable bonds is 2. The fourth-order valence-corrected chi connectivity index (χ4v) is 1.99. The van der Waals surface area contributed by atoms with E-state index in [1.54, 1.807) is 12.3 Å². The van der Waals surface area contributed by atoms with Gasteiger partial charge in [-0.1, -0.05) is 24.3 Å². The number of alkyl carbamates (subject to hydrolysis) is 1. The maximum atomic E-state index is 11.5. The molecule has 1 aliphatic rings. The molecule has 19 heavy (non-hydrogen) atoms. The van der Waals surface area contributed by atoms with Crippen molar-refractivity contribution in [2.24, 2.45) is 0 Å². The van der Waals surface area contributed by atoms with E-state index in [0.717, 1.165) is 11.3 Å². The highest BCUT2D eigenvalue weighted by Gasteiger charge is 2.33. The molecule has 1 atom stereocenters. The van der Waals surface area contributed by atoms with Crippen LogP contribution in [0.4, 0.5) is 4.79 Å². The van der Waals surface area contributed by atoms with Crippen LogP contribution in [0.5, 0.6) is 0 Å². The van der Waals surface area contributed by atoms with Gasteiger partial charge in [0.25, 0.3) is 0 Å². The molecule has 1 aliphatic heterocycles. The van der Waals surface area contributed by atoms with E-state index in [2.05, 4.69) is 15.0 Å². The first kappa shape index (κ1) is 11.4. The molecule has 0 spiro atoms. The number of carbonyl (C=O) groups is 2.